The predicted octanol–water partition coefficient (Wildman–Crippen LogP) is 4.66. The Balaban J connectivity index is 1.78. The van der Waals surface area contributed by atoms with E-state index in [2.05, 4.69) is 0 Å². The molecule has 1 aliphatic rings. The van der Waals surface area contributed by atoms with Gasteiger partial charge in [0.05, 0.1) is 24.2 Å². The van der Waals surface area contributed by atoms with Crippen LogP contribution in [-0.4, -0.2) is 18.6 Å². The van der Waals surface area contributed by atoms with E-state index in [0.29, 0.717) is 30.1 Å². The molecule has 1 aliphatic heterocycles. The summed E-state index contributed by atoms with van der Waals surface area (Å²) < 4.78 is 16.7. The van der Waals surface area contributed by atoms with Gasteiger partial charge in [-0.25, -0.2) is 4.79 Å². The van der Waals surface area contributed by atoms with Crippen LogP contribution in [0, 0.1) is 24.0 Å². The summed E-state index contributed by atoms with van der Waals surface area (Å²) >= 11 is 0. The van der Waals surface area contributed by atoms with Crippen molar-refractivity contribution in [1.82, 2.24) is 0 Å². The minimum absolute atomic E-state index is 0.0654. The summed E-state index contributed by atoms with van der Waals surface area (Å²) in [5, 5.41) is 10.7. The van der Waals surface area contributed by atoms with Crippen LogP contribution in [0.3, 0.4) is 0 Å². The molecule has 0 radical (unpaired) electrons. The van der Waals surface area contributed by atoms with Crippen molar-refractivity contribution in [2.45, 2.75) is 33.3 Å². The van der Waals surface area contributed by atoms with Gasteiger partial charge in [-0.3, -0.25) is 10.1 Å². The average Bonchev–Trinajstić information content (AvgIpc) is 3.13. The first-order valence-corrected chi connectivity index (χ1v) is 9.22. The lowest BCUT2D eigenvalue weighted by Crippen LogP contribution is -2.12. The fourth-order valence-electron chi connectivity index (χ4n) is 3.50. The molecule has 0 N–H and O–H groups in total. The van der Waals surface area contributed by atoms with Crippen LogP contribution in [-0.2, 0) is 4.74 Å². The molecule has 1 atom stereocenters. The summed E-state index contributed by atoms with van der Waals surface area (Å²) in [5.41, 5.74) is 3.82. The third kappa shape index (κ3) is 4.46. The van der Waals surface area contributed by atoms with Gasteiger partial charge in [0.1, 0.15) is 17.6 Å². The second-order valence-electron chi connectivity index (χ2n) is 7.08. The largest absolute Gasteiger partial charge is 0.496 e. The topological polar surface area (TPSA) is 91.8 Å². The molecule has 0 unspecified atom stereocenters. The van der Waals surface area contributed by atoms with E-state index in [4.69, 9.17) is 13.9 Å². The maximum atomic E-state index is 12.1. The van der Waals surface area contributed by atoms with E-state index in [1.54, 1.807) is 19.1 Å². The fraction of sp³-hybridized carbons (Fsp3) is 0.318. The van der Waals surface area contributed by atoms with Gasteiger partial charge in [-0.15, -0.1) is 0 Å². The number of nitro groups is 1. The van der Waals surface area contributed by atoms with E-state index in [9.17, 15) is 14.9 Å². The number of benzene rings is 1. The highest BCUT2D eigenvalue weighted by Crippen LogP contribution is 2.37. The first kappa shape index (κ1) is 20.5. The van der Waals surface area contributed by atoms with E-state index < -0.39 is 10.5 Å². The third-order valence-corrected chi connectivity index (χ3v) is 4.90. The maximum Gasteiger partial charge on any atom is 0.342 e. The molecule has 1 aromatic heterocycles. The van der Waals surface area contributed by atoms with Gasteiger partial charge in [0.25, 0.3) is 5.69 Å². The summed E-state index contributed by atoms with van der Waals surface area (Å²) in [7, 11) is 1.53. The molecule has 1 saturated heterocycles. The Morgan fingerprint density at radius 1 is 1.24 bits per heavy atom. The van der Waals surface area contributed by atoms with Crippen LogP contribution in [0.15, 0.2) is 50.7 Å². The highest BCUT2D eigenvalue weighted by molar-refractivity contribution is 5.57. The first-order valence-electron chi connectivity index (χ1n) is 9.22. The normalized spacial score (nSPS) is 18.3. The molecule has 3 rings (SSSR count). The van der Waals surface area contributed by atoms with Gasteiger partial charge in [0.15, 0.2) is 0 Å². The summed E-state index contributed by atoms with van der Waals surface area (Å²) in [6.45, 7) is 5.93. The Morgan fingerprint density at radius 2 is 1.93 bits per heavy atom. The minimum Gasteiger partial charge on any atom is -0.496 e. The lowest BCUT2D eigenvalue weighted by atomic mass is 10.0. The van der Waals surface area contributed by atoms with Crippen LogP contribution in [0.2, 0.25) is 0 Å². The molecule has 2 heterocycles. The number of non-ortho nitro benzene ring substituents is 1. The third-order valence-electron chi connectivity index (χ3n) is 4.90. The van der Waals surface area contributed by atoms with E-state index in [1.165, 1.54) is 19.2 Å². The summed E-state index contributed by atoms with van der Waals surface area (Å²) in [4.78, 5) is 22.4. The molecular weight excluding hydrogens is 374 g/mol. The molecule has 1 aromatic carbocycles. The molecular formula is C22H23NO6. The monoisotopic (exact) mass is 397 g/mol. The Hall–Kier alpha value is -3.19. The zero-order valence-electron chi connectivity index (χ0n) is 16.9. The van der Waals surface area contributed by atoms with Crippen LogP contribution in [0.4, 0.5) is 5.69 Å². The van der Waals surface area contributed by atoms with E-state index >= 15 is 0 Å². The van der Waals surface area contributed by atoms with Gasteiger partial charge in [-0.1, -0.05) is 17.7 Å². The van der Waals surface area contributed by atoms with Crippen molar-refractivity contribution in [3.63, 3.8) is 0 Å². The van der Waals surface area contributed by atoms with Gasteiger partial charge in [-0.05, 0) is 44.0 Å². The van der Waals surface area contributed by atoms with Gasteiger partial charge in [-0.2, -0.15) is 0 Å². The molecule has 0 saturated carbocycles. The van der Waals surface area contributed by atoms with Crippen LogP contribution < -0.4 is 10.4 Å². The van der Waals surface area contributed by atoms with E-state index in [1.807, 2.05) is 26.0 Å². The van der Waals surface area contributed by atoms with Crippen LogP contribution in [0.25, 0.3) is 6.08 Å². The number of rotatable bonds is 5. The molecule has 152 valence electrons. The molecule has 0 aliphatic carbocycles. The van der Waals surface area contributed by atoms with Crippen molar-refractivity contribution in [3.8, 4) is 5.75 Å². The Kier molecular flexibility index (Phi) is 5.98. The number of ether oxygens (including phenoxy) is 2. The van der Waals surface area contributed by atoms with Crippen molar-refractivity contribution in [1.29, 1.82) is 0 Å². The second-order valence-corrected chi connectivity index (χ2v) is 7.08. The molecule has 7 nitrogen and oxygen atoms in total. The minimum atomic E-state index is -0.419. The van der Waals surface area contributed by atoms with Crippen molar-refractivity contribution < 1.29 is 18.8 Å². The standard InChI is InChI=1S/C22H23NO6/c1-13(9-16-5-7-18(8-6-16)23(25)26)10-17-11-19(28-12-17)21-14(2)20(27-4)15(3)22(24)29-21/h5-10,19H,11-12H2,1-4H3/b13-9+,17-10-/t19-/m1/s1. The van der Waals surface area contributed by atoms with E-state index in [0.717, 1.165) is 22.3 Å². The molecule has 7 heteroatoms. The quantitative estimate of drug-likeness (QED) is 0.538. The van der Waals surface area contributed by atoms with Gasteiger partial charge in [0.2, 0.25) is 0 Å². The molecule has 0 bridgehead atoms. The molecule has 0 amide bonds. The molecule has 29 heavy (non-hydrogen) atoms. The van der Waals surface area contributed by atoms with E-state index in [-0.39, 0.29) is 11.8 Å². The number of nitro benzene ring substituents is 1. The number of nitrogens with zero attached hydrogens (tertiary/aromatic N) is 1. The van der Waals surface area contributed by atoms with Gasteiger partial charge in [0, 0.05) is 24.1 Å². The molecule has 1 fully saturated rings. The van der Waals surface area contributed by atoms with Gasteiger partial charge < -0.3 is 13.9 Å². The van der Waals surface area contributed by atoms with Crippen molar-refractivity contribution in [3.05, 3.63) is 84.5 Å². The van der Waals surface area contributed by atoms with Crippen molar-refractivity contribution in [2.75, 3.05) is 13.7 Å². The van der Waals surface area contributed by atoms with Crippen LogP contribution >= 0.6 is 0 Å². The van der Waals surface area contributed by atoms with Crippen LogP contribution in [0.5, 0.6) is 5.75 Å². The number of allylic oxidation sites excluding steroid dienone is 2. The smallest absolute Gasteiger partial charge is 0.342 e. The predicted molar refractivity (Wildman–Crippen MR) is 109 cm³/mol. The van der Waals surface area contributed by atoms with Crippen molar-refractivity contribution in [2.24, 2.45) is 0 Å². The maximum absolute atomic E-state index is 12.1. The highest BCUT2D eigenvalue weighted by atomic mass is 16.6. The zero-order valence-corrected chi connectivity index (χ0v) is 16.9. The molecule has 2 aromatic rings. The van der Waals surface area contributed by atoms with Crippen molar-refractivity contribution >= 4 is 11.8 Å². The number of hydrogen-bond acceptors (Lipinski definition) is 6. The first-order chi connectivity index (χ1) is 13.8. The summed E-state index contributed by atoms with van der Waals surface area (Å²) in [5.74, 6) is 1.03. The zero-order chi connectivity index (χ0) is 21.1. The summed E-state index contributed by atoms with van der Waals surface area (Å²) in [6, 6.07) is 6.39. The lowest BCUT2D eigenvalue weighted by Gasteiger charge is -2.14. The van der Waals surface area contributed by atoms with Gasteiger partial charge >= 0.3 is 5.63 Å². The Labute approximate surface area is 168 Å². The number of hydrogen-bond donors (Lipinski definition) is 0. The Morgan fingerprint density at radius 3 is 2.55 bits per heavy atom. The summed E-state index contributed by atoms with van der Waals surface area (Å²) in [6.07, 6.45) is 4.25. The van der Waals surface area contributed by atoms with Crippen LogP contribution in [0.1, 0.15) is 41.9 Å². The number of methoxy groups -OCH3 is 1. The fourth-order valence-corrected chi connectivity index (χ4v) is 3.50. The second kappa shape index (κ2) is 8.45. The lowest BCUT2D eigenvalue weighted by molar-refractivity contribution is -0.384. The average molecular weight is 397 g/mol. The Bertz CT molecular complexity index is 1050. The highest BCUT2D eigenvalue weighted by Gasteiger charge is 2.28. The molecule has 0 spiro atoms. The SMILES string of the molecule is COc1c(C)c([C@H]2C/C(=C/C(C)=C/c3ccc([N+](=O)[O-])cc3)CO2)oc(=O)c1C.